The van der Waals surface area contributed by atoms with E-state index < -0.39 is 0 Å². The van der Waals surface area contributed by atoms with Crippen molar-refractivity contribution in [2.24, 2.45) is 11.1 Å². The Morgan fingerprint density at radius 2 is 1.86 bits per heavy atom. The fourth-order valence-corrected chi connectivity index (χ4v) is 5.71. The second-order valence-corrected chi connectivity index (χ2v) is 9.75. The molecule has 1 atom stereocenters. The number of anilines is 1. The first-order chi connectivity index (χ1) is 17.5. The van der Waals surface area contributed by atoms with E-state index in [1.807, 2.05) is 18.3 Å². The highest BCUT2D eigenvalue weighted by atomic mass is 16.5. The summed E-state index contributed by atoms with van der Waals surface area (Å²) in [6.07, 6.45) is 4.91. The molecule has 3 heterocycles. The van der Waals surface area contributed by atoms with Crippen molar-refractivity contribution in [2.45, 2.75) is 25.3 Å². The summed E-state index contributed by atoms with van der Waals surface area (Å²) in [6.45, 7) is 5.99. The number of aromatic amines is 1. The molecule has 2 aromatic heterocycles. The molecular weight excluding hydrogens is 452 g/mol. The Kier molecular flexibility index (Phi) is 5.34. The molecule has 1 saturated heterocycles. The largest absolute Gasteiger partial charge is 0.465 e. The minimum absolute atomic E-state index is 0.0889. The third-order valence-corrected chi connectivity index (χ3v) is 7.88. The molecule has 1 fully saturated rings. The van der Waals surface area contributed by atoms with Crippen LogP contribution in [0, 0.1) is 5.41 Å². The van der Waals surface area contributed by atoms with E-state index in [9.17, 15) is 4.79 Å². The van der Waals surface area contributed by atoms with E-state index in [1.165, 1.54) is 18.2 Å². The molecular formula is C28H28N6O2. The van der Waals surface area contributed by atoms with Gasteiger partial charge in [0.2, 0.25) is 5.65 Å². The maximum atomic E-state index is 11.7. The third kappa shape index (κ3) is 3.56. The lowest BCUT2D eigenvalue weighted by atomic mass is 9.73. The number of hydrogen-bond donors (Lipinski definition) is 2. The number of aromatic nitrogens is 4. The second-order valence-electron chi connectivity index (χ2n) is 9.75. The molecule has 0 bridgehead atoms. The Balaban J connectivity index is 1.19. The summed E-state index contributed by atoms with van der Waals surface area (Å²) in [4.78, 5) is 23.5. The number of methoxy groups -OCH3 is 1. The molecule has 1 aliphatic carbocycles. The van der Waals surface area contributed by atoms with Crippen molar-refractivity contribution in [3.05, 3.63) is 89.3 Å². The standard InChI is InChI=1S/C28H28N6O2/c1-17(18-7-9-19(10-8-18)27(35)36-2)23-24-26(33-32-23)31-22(16-30-24)34-13-11-28(12-14-34)15-20-5-3-4-6-21(20)25(28)29/h3-10,16,25H,1,11-15,29H2,2H3,(H,31,32,33)/t25-/m1/s1. The zero-order valence-electron chi connectivity index (χ0n) is 20.2. The van der Waals surface area contributed by atoms with Crippen LogP contribution in [0.3, 0.4) is 0 Å². The molecule has 8 nitrogen and oxygen atoms in total. The fraction of sp³-hybridized carbons (Fsp3) is 0.286. The smallest absolute Gasteiger partial charge is 0.337 e. The number of ether oxygens (including phenoxy) is 1. The number of nitrogens with zero attached hydrogens (tertiary/aromatic N) is 4. The molecule has 0 unspecified atom stereocenters. The van der Waals surface area contributed by atoms with Gasteiger partial charge in [0.05, 0.1) is 24.6 Å². The number of nitrogens with two attached hydrogens (primary N) is 1. The zero-order chi connectivity index (χ0) is 24.9. The summed E-state index contributed by atoms with van der Waals surface area (Å²) in [7, 11) is 1.36. The molecule has 182 valence electrons. The second kappa shape index (κ2) is 8.57. The van der Waals surface area contributed by atoms with Crippen LogP contribution in [-0.2, 0) is 11.2 Å². The normalized spacial score (nSPS) is 18.4. The van der Waals surface area contributed by atoms with Gasteiger partial charge in [-0.25, -0.2) is 14.8 Å². The van der Waals surface area contributed by atoms with E-state index in [4.69, 9.17) is 20.4 Å². The topological polar surface area (TPSA) is 110 Å². The molecule has 36 heavy (non-hydrogen) atoms. The maximum absolute atomic E-state index is 11.7. The number of carbonyl (C=O) groups excluding carboxylic acids is 1. The van der Waals surface area contributed by atoms with Crippen LogP contribution in [0.4, 0.5) is 5.82 Å². The molecule has 0 saturated carbocycles. The first-order valence-corrected chi connectivity index (χ1v) is 12.2. The van der Waals surface area contributed by atoms with Crippen LogP contribution in [0.2, 0.25) is 0 Å². The van der Waals surface area contributed by atoms with E-state index in [1.54, 1.807) is 12.1 Å². The van der Waals surface area contributed by atoms with Crippen LogP contribution in [0.15, 0.2) is 61.3 Å². The lowest BCUT2D eigenvalue weighted by Gasteiger charge is -2.42. The van der Waals surface area contributed by atoms with Gasteiger partial charge in [-0.3, -0.25) is 5.10 Å². The number of nitrogens with one attached hydrogen (secondary N) is 1. The third-order valence-electron chi connectivity index (χ3n) is 7.88. The molecule has 1 spiro atoms. The number of carbonyl (C=O) groups is 1. The Hall–Kier alpha value is -4.04. The van der Waals surface area contributed by atoms with Crippen LogP contribution in [0.5, 0.6) is 0 Å². The molecule has 1 aliphatic heterocycles. The van der Waals surface area contributed by atoms with Gasteiger partial charge in [0.15, 0.2) is 0 Å². The molecule has 2 aliphatic rings. The first kappa shape index (κ1) is 22.4. The fourth-order valence-electron chi connectivity index (χ4n) is 5.71. The summed E-state index contributed by atoms with van der Waals surface area (Å²) < 4.78 is 4.77. The summed E-state index contributed by atoms with van der Waals surface area (Å²) in [6, 6.07) is 15.8. The van der Waals surface area contributed by atoms with Crippen LogP contribution in [0.25, 0.3) is 16.7 Å². The van der Waals surface area contributed by atoms with E-state index in [-0.39, 0.29) is 17.4 Å². The monoisotopic (exact) mass is 480 g/mol. The van der Waals surface area contributed by atoms with Crippen molar-refractivity contribution < 1.29 is 9.53 Å². The highest BCUT2D eigenvalue weighted by molar-refractivity contribution is 5.92. The molecule has 2 aromatic carbocycles. The number of fused-ring (bicyclic) bond motifs is 2. The number of hydrogen-bond acceptors (Lipinski definition) is 7. The van der Waals surface area contributed by atoms with Gasteiger partial charge in [0.25, 0.3) is 0 Å². The van der Waals surface area contributed by atoms with Crippen molar-refractivity contribution in [1.82, 2.24) is 20.2 Å². The quantitative estimate of drug-likeness (QED) is 0.424. The minimum atomic E-state index is -0.374. The van der Waals surface area contributed by atoms with Gasteiger partial charge in [-0.2, -0.15) is 5.10 Å². The van der Waals surface area contributed by atoms with E-state index >= 15 is 0 Å². The molecule has 3 N–H and O–H groups in total. The predicted molar refractivity (Wildman–Crippen MR) is 139 cm³/mol. The Bertz CT molecular complexity index is 1470. The summed E-state index contributed by atoms with van der Waals surface area (Å²) in [5, 5.41) is 7.45. The minimum Gasteiger partial charge on any atom is -0.465 e. The SMILES string of the molecule is C=C(c1ccc(C(=O)OC)cc1)c1[nH]nc2nc(N3CCC4(CC3)Cc3ccccc3[C@H]4N)cnc12. The van der Waals surface area contributed by atoms with Crippen molar-refractivity contribution in [2.75, 3.05) is 25.1 Å². The van der Waals surface area contributed by atoms with Crippen LogP contribution < -0.4 is 10.6 Å². The Labute approximate surface area is 209 Å². The van der Waals surface area contributed by atoms with Crippen LogP contribution >= 0.6 is 0 Å². The zero-order valence-corrected chi connectivity index (χ0v) is 20.2. The first-order valence-electron chi connectivity index (χ1n) is 12.2. The van der Waals surface area contributed by atoms with E-state index in [2.05, 4.69) is 45.9 Å². The lowest BCUT2D eigenvalue weighted by molar-refractivity contribution is 0.0600. The molecule has 0 amide bonds. The Morgan fingerprint density at radius 3 is 2.58 bits per heavy atom. The predicted octanol–water partition coefficient (Wildman–Crippen LogP) is 4.04. The average molecular weight is 481 g/mol. The highest BCUT2D eigenvalue weighted by Crippen LogP contribution is 2.50. The molecule has 0 radical (unpaired) electrons. The van der Waals surface area contributed by atoms with Gasteiger partial charge in [-0.15, -0.1) is 0 Å². The van der Waals surface area contributed by atoms with Crippen molar-refractivity contribution >= 4 is 28.5 Å². The number of rotatable bonds is 4. The summed E-state index contributed by atoms with van der Waals surface area (Å²) in [5.74, 6) is 0.452. The molecule has 4 aromatic rings. The van der Waals surface area contributed by atoms with Gasteiger partial charge in [-0.1, -0.05) is 43.0 Å². The number of esters is 1. The molecule has 6 rings (SSSR count). The lowest BCUT2D eigenvalue weighted by Crippen LogP contribution is -2.44. The van der Waals surface area contributed by atoms with Gasteiger partial charge in [-0.05, 0) is 53.5 Å². The maximum Gasteiger partial charge on any atom is 0.337 e. The van der Waals surface area contributed by atoms with E-state index in [0.717, 1.165) is 49.3 Å². The van der Waals surface area contributed by atoms with Gasteiger partial charge in [0.1, 0.15) is 11.3 Å². The van der Waals surface area contributed by atoms with Crippen molar-refractivity contribution in [3.63, 3.8) is 0 Å². The average Bonchev–Trinajstić information content (AvgIpc) is 3.47. The highest BCUT2D eigenvalue weighted by Gasteiger charge is 2.45. The number of H-pyrrole nitrogens is 1. The van der Waals surface area contributed by atoms with Crippen molar-refractivity contribution in [1.29, 1.82) is 0 Å². The molecule has 8 heteroatoms. The van der Waals surface area contributed by atoms with Crippen LogP contribution in [-0.4, -0.2) is 46.3 Å². The summed E-state index contributed by atoms with van der Waals surface area (Å²) in [5.41, 5.74) is 13.6. The van der Waals surface area contributed by atoms with Crippen molar-refractivity contribution in [3.8, 4) is 0 Å². The van der Waals surface area contributed by atoms with E-state index in [0.29, 0.717) is 22.4 Å². The van der Waals surface area contributed by atoms with Gasteiger partial charge in [0, 0.05) is 24.7 Å². The number of benzene rings is 2. The van der Waals surface area contributed by atoms with Crippen LogP contribution in [0.1, 0.15) is 51.6 Å². The van der Waals surface area contributed by atoms with Gasteiger partial charge >= 0.3 is 5.97 Å². The Morgan fingerprint density at radius 1 is 1.14 bits per heavy atom. The number of piperidine rings is 1. The van der Waals surface area contributed by atoms with Gasteiger partial charge < -0.3 is 15.4 Å². The summed E-state index contributed by atoms with van der Waals surface area (Å²) >= 11 is 0.